The summed E-state index contributed by atoms with van der Waals surface area (Å²) < 4.78 is 0. The maximum atomic E-state index is 12.9. The molecule has 0 spiro atoms. The highest BCUT2D eigenvalue weighted by Gasteiger charge is 2.17. The molecule has 0 aromatic heterocycles. The van der Waals surface area contributed by atoms with Gasteiger partial charge in [-0.1, -0.05) is 54.6 Å². The van der Waals surface area contributed by atoms with Crippen molar-refractivity contribution in [1.29, 1.82) is 0 Å². The molecule has 3 N–H and O–H groups in total. The lowest BCUT2D eigenvalue weighted by molar-refractivity contribution is -0.118. The molecule has 0 fully saturated rings. The van der Waals surface area contributed by atoms with E-state index in [9.17, 15) is 14.4 Å². The summed E-state index contributed by atoms with van der Waals surface area (Å²) in [5, 5.41) is 2.85. The summed E-state index contributed by atoms with van der Waals surface area (Å²) in [6.07, 6.45) is 0.129. The van der Waals surface area contributed by atoms with Crippen molar-refractivity contribution in [1.82, 2.24) is 0 Å². The van der Waals surface area contributed by atoms with Crippen LogP contribution in [0.3, 0.4) is 0 Å². The smallest absolute Gasteiger partial charge is 0.243 e. The van der Waals surface area contributed by atoms with Crippen LogP contribution in [0.15, 0.2) is 78.9 Å². The molecule has 3 aromatic rings. The lowest BCUT2D eigenvalue weighted by Gasteiger charge is -2.24. The molecule has 0 saturated heterocycles. The Labute approximate surface area is 181 Å². The Morgan fingerprint density at radius 1 is 0.903 bits per heavy atom. The highest BCUT2D eigenvalue weighted by atomic mass is 16.2. The molecule has 31 heavy (non-hydrogen) atoms. The third kappa shape index (κ3) is 6.02. The van der Waals surface area contributed by atoms with E-state index in [1.165, 1.54) is 0 Å². The van der Waals surface area contributed by atoms with Crippen molar-refractivity contribution >= 4 is 29.0 Å². The number of hydrogen-bond acceptors (Lipinski definition) is 4. The van der Waals surface area contributed by atoms with E-state index in [1.54, 1.807) is 53.4 Å². The first-order chi connectivity index (χ1) is 14.9. The summed E-state index contributed by atoms with van der Waals surface area (Å²) in [5.74, 6) is -0.892. The molecule has 6 heteroatoms. The molecule has 3 aromatic carbocycles. The van der Waals surface area contributed by atoms with Crippen molar-refractivity contribution in [2.24, 2.45) is 5.73 Å². The van der Waals surface area contributed by atoms with Crippen LogP contribution in [0.2, 0.25) is 0 Å². The lowest BCUT2D eigenvalue weighted by Crippen LogP contribution is -2.36. The average molecular weight is 415 g/mol. The largest absolute Gasteiger partial charge is 0.370 e. The van der Waals surface area contributed by atoms with Crippen molar-refractivity contribution < 1.29 is 14.4 Å². The number of rotatable bonds is 9. The molecule has 0 bridgehead atoms. The van der Waals surface area contributed by atoms with Crippen LogP contribution in [0.25, 0.3) is 0 Å². The van der Waals surface area contributed by atoms with Gasteiger partial charge in [0.1, 0.15) is 0 Å². The van der Waals surface area contributed by atoms with E-state index in [0.29, 0.717) is 23.4 Å². The summed E-state index contributed by atoms with van der Waals surface area (Å²) >= 11 is 0. The number of nitrogens with two attached hydrogens (primary N) is 1. The summed E-state index contributed by atoms with van der Waals surface area (Å²) in [4.78, 5) is 38.8. The highest BCUT2D eigenvalue weighted by molar-refractivity contribution is 6.14. The van der Waals surface area contributed by atoms with Crippen molar-refractivity contribution in [3.05, 3.63) is 95.6 Å². The quantitative estimate of drug-likeness (QED) is 0.523. The number of amides is 2. The van der Waals surface area contributed by atoms with Crippen LogP contribution in [-0.4, -0.2) is 30.7 Å². The SMILES string of the molecule is Cc1cccc(N(CCC(N)=O)CC(=O)Nc2ccccc2C(=O)c2ccccc2)c1. The second-order valence-electron chi connectivity index (χ2n) is 7.27. The van der Waals surface area contributed by atoms with Crippen LogP contribution in [0.5, 0.6) is 0 Å². The number of nitrogens with zero attached hydrogens (tertiary/aromatic N) is 1. The standard InChI is InChI=1S/C25H25N3O3/c1-18-8-7-11-20(16-18)28(15-14-23(26)29)17-24(30)27-22-13-6-5-12-21(22)25(31)19-9-3-2-4-10-19/h2-13,16H,14-15,17H2,1H3,(H2,26,29)(H,27,30). The van der Waals surface area contributed by atoms with Gasteiger partial charge in [-0.3, -0.25) is 14.4 Å². The molecule has 158 valence electrons. The summed E-state index contributed by atoms with van der Waals surface area (Å²) in [6.45, 7) is 2.29. The molecule has 0 aliphatic carbocycles. The fraction of sp³-hybridized carbons (Fsp3) is 0.160. The molecule has 3 rings (SSSR count). The monoisotopic (exact) mass is 415 g/mol. The van der Waals surface area contributed by atoms with E-state index < -0.39 is 5.91 Å². The van der Waals surface area contributed by atoms with Gasteiger partial charge in [0.25, 0.3) is 0 Å². The Morgan fingerprint density at radius 3 is 2.32 bits per heavy atom. The number of primary amides is 1. The molecule has 0 unspecified atom stereocenters. The summed E-state index contributed by atoms with van der Waals surface area (Å²) in [5.41, 5.74) is 8.59. The van der Waals surface area contributed by atoms with Crippen molar-refractivity contribution in [2.75, 3.05) is 23.3 Å². The Morgan fingerprint density at radius 2 is 1.61 bits per heavy atom. The third-order valence-corrected chi connectivity index (χ3v) is 4.81. The van der Waals surface area contributed by atoms with E-state index in [4.69, 9.17) is 5.73 Å². The summed E-state index contributed by atoms with van der Waals surface area (Å²) in [6, 6.07) is 23.5. The van der Waals surface area contributed by atoms with E-state index in [-0.39, 0.29) is 24.7 Å². The molecular formula is C25H25N3O3. The molecule has 0 atom stereocenters. The zero-order valence-electron chi connectivity index (χ0n) is 17.4. The second kappa shape index (κ2) is 10.2. The number of aryl methyl sites for hydroxylation is 1. The second-order valence-corrected chi connectivity index (χ2v) is 7.27. The van der Waals surface area contributed by atoms with Gasteiger partial charge >= 0.3 is 0 Å². The van der Waals surface area contributed by atoms with Crippen molar-refractivity contribution in [2.45, 2.75) is 13.3 Å². The first kappa shape index (κ1) is 21.8. The van der Waals surface area contributed by atoms with Crippen LogP contribution >= 0.6 is 0 Å². The fourth-order valence-electron chi connectivity index (χ4n) is 3.27. The minimum atomic E-state index is -0.433. The van der Waals surface area contributed by atoms with Gasteiger partial charge in [-0.15, -0.1) is 0 Å². The summed E-state index contributed by atoms with van der Waals surface area (Å²) in [7, 11) is 0. The van der Waals surface area contributed by atoms with Gasteiger partial charge in [-0.2, -0.15) is 0 Å². The lowest BCUT2D eigenvalue weighted by atomic mass is 10.0. The Kier molecular flexibility index (Phi) is 7.17. The van der Waals surface area contributed by atoms with E-state index in [2.05, 4.69) is 5.32 Å². The number of carbonyl (C=O) groups excluding carboxylic acids is 3. The molecule has 0 radical (unpaired) electrons. The Bertz CT molecular complexity index is 1080. The molecule has 0 aliphatic rings. The van der Waals surface area contributed by atoms with Crippen LogP contribution in [0.1, 0.15) is 27.9 Å². The van der Waals surface area contributed by atoms with Crippen LogP contribution in [0.4, 0.5) is 11.4 Å². The number of carbonyl (C=O) groups is 3. The zero-order valence-corrected chi connectivity index (χ0v) is 17.4. The van der Waals surface area contributed by atoms with Crippen LogP contribution < -0.4 is 16.0 Å². The zero-order chi connectivity index (χ0) is 22.2. The maximum Gasteiger partial charge on any atom is 0.243 e. The van der Waals surface area contributed by atoms with Gasteiger partial charge in [0.15, 0.2) is 5.78 Å². The van der Waals surface area contributed by atoms with Crippen LogP contribution in [0, 0.1) is 6.92 Å². The predicted molar refractivity (Wildman–Crippen MR) is 122 cm³/mol. The van der Waals surface area contributed by atoms with Gasteiger partial charge in [-0.25, -0.2) is 0 Å². The third-order valence-electron chi connectivity index (χ3n) is 4.81. The molecule has 0 heterocycles. The van der Waals surface area contributed by atoms with E-state index >= 15 is 0 Å². The van der Waals surface area contributed by atoms with E-state index in [1.807, 2.05) is 37.3 Å². The van der Waals surface area contributed by atoms with Gasteiger partial charge in [-0.05, 0) is 36.8 Å². The normalized spacial score (nSPS) is 10.4. The van der Waals surface area contributed by atoms with E-state index in [0.717, 1.165) is 11.3 Å². The maximum absolute atomic E-state index is 12.9. The van der Waals surface area contributed by atoms with Gasteiger partial charge in [0, 0.05) is 29.8 Å². The van der Waals surface area contributed by atoms with Gasteiger partial charge < -0.3 is 16.0 Å². The number of ketones is 1. The molecule has 0 aliphatic heterocycles. The predicted octanol–water partition coefficient (Wildman–Crippen LogP) is 3.55. The number of hydrogen-bond donors (Lipinski definition) is 2. The number of anilines is 2. The number of para-hydroxylation sites is 1. The Hall–Kier alpha value is -3.93. The first-order valence-corrected chi connectivity index (χ1v) is 10.0. The number of nitrogens with one attached hydrogen (secondary N) is 1. The van der Waals surface area contributed by atoms with Crippen molar-refractivity contribution in [3.8, 4) is 0 Å². The van der Waals surface area contributed by atoms with Gasteiger partial charge in [0.05, 0.1) is 12.2 Å². The molecule has 6 nitrogen and oxygen atoms in total. The molecule has 2 amide bonds. The minimum Gasteiger partial charge on any atom is -0.370 e. The molecule has 0 saturated carbocycles. The van der Waals surface area contributed by atoms with Gasteiger partial charge in [0.2, 0.25) is 11.8 Å². The number of benzene rings is 3. The Balaban J connectivity index is 1.78. The van der Waals surface area contributed by atoms with Crippen molar-refractivity contribution in [3.63, 3.8) is 0 Å². The minimum absolute atomic E-state index is 0.0184. The highest BCUT2D eigenvalue weighted by Crippen LogP contribution is 2.20. The topological polar surface area (TPSA) is 92.5 Å². The first-order valence-electron chi connectivity index (χ1n) is 10.0. The average Bonchev–Trinajstić information content (AvgIpc) is 2.77. The fourth-order valence-corrected chi connectivity index (χ4v) is 3.27. The molecular weight excluding hydrogens is 390 g/mol. The van der Waals surface area contributed by atoms with Crippen LogP contribution in [-0.2, 0) is 9.59 Å².